The molecular weight excluding hydrogens is 318 g/mol. The molecule has 2 aliphatic heterocycles. The Kier molecular flexibility index (Phi) is 3.87. The van der Waals surface area contributed by atoms with E-state index in [2.05, 4.69) is 0 Å². The lowest BCUT2D eigenvalue weighted by atomic mass is 9.98. The van der Waals surface area contributed by atoms with Gasteiger partial charge in [0.05, 0.1) is 0 Å². The molecular formula is C19H19N3O3. The van der Waals surface area contributed by atoms with Crippen molar-refractivity contribution in [1.29, 1.82) is 0 Å². The van der Waals surface area contributed by atoms with E-state index < -0.39 is 0 Å². The molecule has 2 aromatic rings. The highest BCUT2D eigenvalue weighted by Crippen LogP contribution is 2.23. The van der Waals surface area contributed by atoms with Gasteiger partial charge in [-0.3, -0.25) is 19.3 Å². The van der Waals surface area contributed by atoms with Gasteiger partial charge in [-0.15, -0.1) is 0 Å². The quantitative estimate of drug-likeness (QED) is 0.798. The molecule has 0 bridgehead atoms. The fraction of sp³-hybridized carbons (Fsp3) is 0.316. The molecule has 0 atom stereocenters. The highest BCUT2D eigenvalue weighted by molar-refractivity contribution is 6.02. The van der Waals surface area contributed by atoms with E-state index in [1.54, 1.807) is 4.90 Å². The molecule has 3 heterocycles. The number of imide groups is 1. The fourth-order valence-corrected chi connectivity index (χ4v) is 3.40. The number of likely N-dealkylation sites (tertiary alicyclic amines) is 2. The van der Waals surface area contributed by atoms with Crippen LogP contribution in [0.1, 0.15) is 23.2 Å². The molecule has 0 radical (unpaired) electrons. The second-order valence-corrected chi connectivity index (χ2v) is 6.61. The Bertz CT molecular complexity index is 789. The van der Waals surface area contributed by atoms with E-state index in [0.29, 0.717) is 38.0 Å². The summed E-state index contributed by atoms with van der Waals surface area (Å²) in [4.78, 5) is 38.9. The maximum atomic E-state index is 12.5. The van der Waals surface area contributed by atoms with Crippen LogP contribution in [0.5, 0.6) is 0 Å². The Morgan fingerprint density at radius 1 is 0.960 bits per heavy atom. The molecule has 0 N–H and O–H groups in total. The van der Waals surface area contributed by atoms with Crippen molar-refractivity contribution in [2.75, 3.05) is 19.6 Å². The van der Waals surface area contributed by atoms with Crippen LogP contribution in [0.4, 0.5) is 0 Å². The summed E-state index contributed by atoms with van der Waals surface area (Å²) in [7, 11) is 0. The first-order valence-electron chi connectivity index (χ1n) is 8.48. The van der Waals surface area contributed by atoms with Gasteiger partial charge in [-0.05, 0) is 36.4 Å². The zero-order valence-corrected chi connectivity index (χ0v) is 13.8. The van der Waals surface area contributed by atoms with Gasteiger partial charge in [0.1, 0.15) is 0 Å². The minimum Gasteiger partial charge on any atom is -0.338 e. The van der Waals surface area contributed by atoms with Crippen LogP contribution in [-0.2, 0) is 9.59 Å². The van der Waals surface area contributed by atoms with E-state index in [1.807, 2.05) is 53.4 Å². The third-order valence-corrected chi connectivity index (χ3v) is 4.86. The normalized spacial score (nSPS) is 17.9. The van der Waals surface area contributed by atoms with E-state index >= 15 is 0 Å². The van der Waals surface area contributed by atoms with E-state index in [4.69, 9.17) is 0 Å². The largest absolute Gasteiger partial charge is 0.338 e. The van der Waals surface area contributed by atoms with Crippen LogP contribution in [0.25, 0.3) is 5.69 Å². The number of hydrogen-bond donors (Lipinski definition) is 0. The van der Waals surface area contributed by atoms with Gasteiger partial charge in [-0.25, -0.2) is 0 Å². The maximum Gasteiger partial charge on any atom is 0.253 e. The summed E-state index contributed by atoms with van der Waals surface area (Å²) in [5, 5.41) is 0. The van der Waals surface area contributed by atoms with Crippen molar-refractivity contribution in [3.8, 4) is 5.69 Å². The molecule has 0 spiro atoms. The molecule has 1 aromatic heterocycles. The number of carbonyl (C=O) groups excluding carboxylic acids is 3. The lowest BCUT2D eigenvalue weighted by molar-refractivity contribution is -0.139. The third-order valence-electron chi connectivity index (χ3n) is 4.86. The lowest BCUT2D eigenvalue weighted by Crippen LogP contribution is -2.54. The summed E-state index contributed by atoms with van der Waals surface area (Å²) in [5.74, 6) is 0.00855. The minimum atomic E-state index is -0.0876. The zero-order chi connectivity index (χ0) is 17.4. The number of carbonyl (C=O) groups is 3. The van der Waals surface area contributed by atoms with Crippen LogP contribution >= 0.6 is 0 Å². The van der Waals surface area contributed by atoms with Gasteiger partial charge in [-0.1, -0.05) is 0 Å². The van der Waals surface area contributed by atoms with Crippen molar-refractivity contribution in [3.05, 3.63) is 54.4 Å². The lowest BCUT2D eigenvalue weighted by Gasteiger charge is -2.40. The second kappa shape index (κ2) is 6.20. The number of benzene rings is 1. The first-order chi connectivity index (χ1) is 12.1. The Balaban J connectivity index is 1.34. The predicted molar refractivity (Wildman–Crippen MR) is 91.1 cm³/mol. The molecule has 4 rings (SSSR count). The first-order valence-corrected chi connectivity index (χ1v) is 8.48. The van der Waals surface area contributed by atoms with Crippen molar-refractivity contribution >= 4 is 17.7 Å². The summed E-state index contributed by atoms with van der Waals surface area (Å²) >= 11 is 0. The number of hydrogen-bond acceptors (Lipinski definition) is 3. The van der Waals surface area contributed by atoms with Crippen molar-refractivity contribution < 1.29 is 14.4 Å². The van der Waals surface area contributed by atoms with E-state index in [9.17, 15) is 14.4 Å². The molecule has 2 saturated heterocycles. The summed E-state index contributed by atoms with van der Waals surface area (Å²) in [6.07, 6.45) is 4.56. The van der Waals surface area contributed by atoms with Gasteiger partial charge < -0.3 is 9.47 Å². The SMILES string of the molecule is O=C(c1ccc(-n2cccc2)cc1)N1CC(CN2C(=O)CCC2=O)C1. The van der Waals surface area contributed by atoms with E-state index in [0.717, 1.165) is 5.69 Å². The van der Waals surface area contributed by atoms with Gasteiger partial charge >= 0.3 is 0 Å². The number of aromatic nitrogens is 1. The van der Waals surface area contributed by atoms with Crippen LogP contribution in [0, 0.1) is 5.92 Å². The summed E-state index contributed by atoms with van der Waals surface area (Å²) in [5.41, 5.74) is 1.66. The molecule has 0 saturated carbocycles. The van der Waals surface area contributed by atoms with Crippen LogP contribution in [0.3, 0.4) is 0 Å². The topological polar surface area (TPSA) is 62.6 Å². The summed E-state index contributed by atoms with van der Waals surface area (Å²) in [6.45, 7) is 1.62. The first kappa shape index (κ1) is 15.6. The maximum absolute atomic E-state index is 12.5. The Morgan fingerprint density at radius 3 is 2.16 bits per heavy atom. The summed E-state index contributed by atoms with van der Waals surface area (Å²) < 4.78 is 1.98. The van der Waals surface area contributed by atoms with Crippen LogP contribution in [-0.4, -0.2) is 51.7 Å². The van der Waals surface area contributed by atoms with E-state index in [-0.39, 0.29) is 23.6 Å². The second-order valence-electron chi connectivity index (χ2n) is 6.61. The molecule has 6 nitrogen and oxygen atoms in total. The molecule has 2 aliphatic rings. The zero-order valence-electron chi connectivity index (χ0n) is 13.8. The van der Waals surface area contributed by atoms with Crippen molar-refractivity contribution in [3.63, 3.8) is 0 Å². The number of amides is 3. The Labute approximate surface area is 145 Å². The van der Waals surface area contributed by atoms with Crippen LogP contribution in [0.15, 0.2) is 48.8 Å². The minimum absolute atomic E-state index is 0.00520. The van der Waals surface area contributed by atoms with Crippen LogP contribution < -0.4 is 0 Å². The number of nitrogens with zero attached hydrogens (tertiary/aromatic N) is 3. The van der Waals surface area contributed by atoms with Crippen molar-refractivity contribution in [2.24, 2.45) is 5.92 Å². The van der Waals surface area contributed by atoms with Gasteiger partial charge in [-0.2, -0.15) is 0 Å². The van der Waals surface area contributed by atoms with Crippen molar-refractivity contribution in [1.82, 2.24) is 14.4 Å². The standard InChI is InChI=1S/C19H19N3O3/c23-17-7-8-18(24)22(17)13-14-11-21(12-14)19(25)15-3-5-16(6-4-15)20-9-1-2-10-20/h1-6,9-10,14H,7-8,11-13H2. The monoisotopic (exact) mass is 337 g/mol. The molecule has 3 amide bonds. The fourth-order valence-electron chi connectivity index (χ4n) is 3.40. The average Bonchev–Trinajstić information content (AvgIpc) is 3.22. The highest BCUT2D eigenvalue weighted by Gasteiger charge is 2.37. The van der Waals surface area contributed by atoms with Crippen molar-refractivity contribution in [2.45, 2.75) is 12.8 Å². The van der Waals surface area contributed by atoms with Gasteiger partial charge in [0.15, 0.2) is 0 Å². The van der Waals surface area contributed by atoms with Crippen LogP contribution in [0.2, 0.25) is 0 Å². The molecule has 0 unspecified atom stereocenters. The van der Waals surface area contributed by atoms with Gasteiger partial charge in [0.25, 0.3) is 5.91 Å². The highest BCUT2D eigenvalue weighted by atomic mass is 16.2. The Hall–Kier alpha value is -2.89. The Morgan fingerprint density at radius 2 is 1.56 bits per heavy atom. The smallest absolute Gasteiger partial charge is 0.253 e. The molecule has 25 heavy (non-hydrogen) atoms. The molecule has 0 aliphatic carbocycles. The molecule has 128 valence electrons. The molecule has 6 heteroatoms. The molecule has 2 fully saturated rings. The molecule has 1 aromatic carbocycles. The number of rotatable bonds is 4. The predicted octanol–water partition coefficient (Wildman–Crippen LogP) is 1.70. The summed E-state index contributed by atoms with van der Waals surface area (Å²) in [6, 6.07) is 11.4. The van der Waals surface area contributed by atoms with E-state index in [1.165, 1.54) is 4.90 Å². The third kappa shape index (κ3) is 2.95. The van der Waals surface area contributed by atoms with Gasteiger partial charge in [0.2, 0.25) is 11.8 Å². The average molecular weight is 337 g/mol. The van der Waals surface area contributed by atoms with Gasteiger partial charge in [0, 0.05) is 62.0 Å².